The SMILES string of the molecule is O=C1C[C@]2(C[C@H]2c2ccc(C(F)F)cc2F)C(=O)N1Cc1ccccc1. The van der Waals surface area contributed by atoms with Crippen molar-refractivity contribution in [2.45, 2.75) is 31.7 Å². The highest BCUT2D eigenvalue weighted by Gasteiger charge is 2.67. The largest absolute Gasteiger partial charge is 0.278 e. The third-order valence-corrected chi connectivity index (χ3v) is 5.35. The second-order valence-corrected chi connectivity index (χ2v) is 6.94. The Morgan fingerprint density at radius 2 is 1.85 bits per heavy atom. The van der Waals surface area contributed by atoms with Crippen LogP contribution in [0.25, 0.3) is 0 Å². The van der Waals surface area contributed by atoms with Gasteiger partial charge in [-0.1, -0.05) is 42.5 Å². The number of hydrogen-bond acceptors (Lipinski definition) is 2. The number of alkyl halides is 2. The summed E-state index contributed by atoms with van der Waals surface area (Å²) in [5.41, 5.74) is -0.229. The van der Waals surface area contributed by atoms with E-state index in [-0.39, 0.29) is 35.9 Å². The number of hydrogen-bond donors (Lipinski definition) is 0. The first-order valence-corrected chi connectivity index (χ1v) is 8.38. The van der Waals surface area contributed by atoms with Gasteiger partial charge < -0.3 is 0 Å². The van der Waals surface area contributed by atoms with E-state index in [9.17, 15) is 22.8 Å². The van der Waals surface area contributed by atoms with Crippen molar-refractivity contribution in [3.05, 3.63) is 71.0 Å². The number of carbonyl (C=O) groups excluding carboxylic acids is 2. The van der Waals surface area contributed by atoms with Crippen LogP contribution in [-0.2, 0) is 16.1 Å². The fraction of sp³-hybridized carbons (Fsp3) is 0.300. The first-order valence-electron chi connectivity index (χ1n) is 8.38. The first kappa shape index (κ1) is 16.8. The molecule has 2 amide bonds. The number of likely N-dealkylation sites (tertiary alicyclic amines) is 1. The predicted octanol–water partition coefficient (Wildman–Crippen LogP) is 4.20. The van der Waals surface area contributed by atoms with E-state index in [4.69, 9.17) is 0 Å². The van der Waals surface area contributed by atoms with Gasteiger partial charge >= 0.3 is 0 Å². The monoisotopic (exact) mass is 359 g/mol. The molecule has 0 aromatic heterocycles. The van der Waals surface area contributed by atoms with Crippen LogP contribution in [0, 0.1) is 11.2 Å². The van der Waals surface area contributed by atoms with E-state index in [0.29, 0.717) is 6.42 Å². The number of amides is 2. The molecule has 1 saturated heterocycles. The average molecular weight is 359 g/mol. The zero-order valence-corrected chi connectivity index (χ0v) is 13.8. The summed E-state index contributed by atoms with van der Waals surface area (Å²) in [5.74, 6) is -1.75. The van der Waals surface area contributed by atoms with Gasteiger partial charge in [0.1, 0.15) is 5.82 Å². The maximum Gasteiger partial charge on any atom is 0.263 e. The van der Waals surface area contributed by atoms with Crippen LogP contribution in [-0.4, -0.2) is 16.7 Å². The number of nitrogens with zero attached hydrogens (tertiary/aromatic N) is 1. The Hall–Kier alpha value is -2.63. The van der Waals surface area contributed by atoms with Crippen molar-refractivity contribution in [3.8, 4) is 0 Å². The molecule has 0 N–H and O–H groups in total. The van der Waals surface area contributed by atoms with Crippen LogP contribution in [0.1, 0.15) is 41.9 Å². The maximum absolute atomic E-state index is 14.3. The number of carbonyl (C=O) groups is 2. The Morgan fingerprint density at radius 3 is 2.50 bits per heavy atom. The van der Waals surface area contributed by atoms with Crippen molar-refractivity contribution < 1.29 is 22.8 Å². The zero-order valence-electron chi connectivity index (χ0n) is 13.8. The summed E-state index contributed by atoms with van der Waals surface area (Å²) in [4.78, 5) is 26.4. The topological polar surface area (TPSA) is 37.4 Å². The second-order valence-electron chi connectivity index (χ2n) is 6.94. The minimum Gasteiger partial charge on any atom is -0.278 e. The van der Waals surface area contributed by atoms with Crippen molar-refractivity contribution in [1.29, 1.82) is 0 Å². The third-order valence-electron chi connectivity index (χ3n) is 5.35. The summed E-state index contributed by atoms with van der Waals surface area (Å²) in [6.45, 7) is 0.194. The van der Waals surface area contributed by atoms with E-state index < -0.39 is 23.6 Å². The highest BCUT2D eigenvalue weighted by Crippen LogP contribution is 2.65. The number of imide groups is 1. The number of halogens is 3. The number of benzene rings is 2. The molecule has 2 aromatic carbocycles. The van der Waals surface area contributed by atoms with Gasteiger partial charge in [-0.3, -0.25) is 14.5 Å². The van der Waals surface area contributed by atoms with Gasteiger partial charge in [0.25, 0.3) is 6.43 Å². The summed E-state index contributed by atoms with van der Waals surface area (Å²) in [5, 5.41) is 0. The third kappa shape index (κ3) is 2.60. The van der Waals surface area contributed by atoms with Crippen LogP contribution < -0.4 is 0 Å². The Bertz CT molecular complexity index is 884. The highest BCUT2D eigenvalue weighted by atomic mass is 19.3. The van der Waals surface area contributed by atoms with Crippen molar-refractivity contribution in [2.75, 3.05) is 0 Å². The smallest absolute Gasteiger partial charge is 0.263 e. The van der Waals surface area contributed by atoms with Crippen molar-refractivity contribution in [3.63, 3.8) is 0 Å². The van der Waals surface area contributed by atoms with Crippen LogP contribution in [0.15, 0.2) is 48.5 Å². The molecule has 1 saturated carbocycles. The van der Waals surface area contributed by atoms with Crippen LogP contribution in [0.2, 0.25) is 0 Å². The van der Waals surface area contributed by atoms with E-state index in [1.165, 1.54) is 17.0 Å². The summed E-state index contributed by atoms with van der Waals surface area (Å²) in [6, 6.07) is 12.5. The van der Waals surface area contributed by atoms with Gasteiger partial charge in [-0.05, 0) is 23.6 Å². The van der Waals surface area contributed by atoms with Gasteiger partial charge in [0.15, 0.2) is 0 Å². The summed E-state index contributed by atoms with van der Waals surface area (Å²) in [6.07, 6.45) is -2.34. The van der Waals surface area contributed by atoms with E-state index in [1.54, 1.807) is 0 Å². The van der Waals surface area contributed by atoms with Gasteiger partial charge in [-0.25, -0.2) is 13.2 Å². The summed E-state index contributed by atoms with van der Waals surface area (Å²) >= 11 is 0. The molecule has 4 rings (SSSR count). The standard InChI is InChI=1S/C20H16F3NO2/c21-16-8-13(18(22)23)6-7-14(16)15-9-20(15)10-17(25)24(19(20)26)11-12-4-2-1-3-5-12/h1-8,15,18H,9-11H2/t15-,20-/m0/s1. The average Bonchev–Trinajstić information content (AvgIpc) is 3.28. The molecule has 6 heteroatoms. The van der Waals surface area contributed by atoms with E-state index in [2.05, 4.69) is 0 Å². The molecule has 0 unspecified atom stereocenters. The number of rotatable bonds is 4. The molecule has 134 valence electrons. The molecule has 26 heavy (non-hydrogen) atoms. The maximum atomic E-state index is 14.3. The predicted molar refractivity (Wildman–Crippen MR) is 87.8 cm³/mol. The van der Waals surface area contributed by atoms with Crippen molar-refractivity contribution in [1.82, 2.24) is 4.90 Å². The molecule has 0 radical (unpaired) electrons. The molecule has 1 aliphatic heterocycles. The zero-order chi connectivity index (χ0) is 18.5. The Balaban J connectivity index is 1.56. The fourth-order valence-electron chi connectivity index (χ4n) is 3.86. The van der Waals surface area contributed by atoms with Crippen LogP contribution in [0.3, 0.4) is 0 Å². The van der Waals surface area contributed by atoms with Gasteiger partial charge in [-0.15, -0.1) is 0 Å². The molecule has 2 fully saturated rings. The van der Waals surface area contributed by atoms with Crippen molar-refractivity contribution >= 4 is 11.8 Å². The Morgan fingerprint density at radius 1 is 1.12 bits per heavy atom. The Labute approximate surface area is 148 Å². The molecule has 1 aliphatic carbocycles. The lowest BCUT2D eigenvalue weighted by Gasteiger charge is -2.15. The van der Waals surface area contributed by atoms with Gasteiger partial charge in [0.05, 0.1) is 12.0 Å². The van der Waals surface area contributed by atoms with Crippen LogP contribution >= 0.6 is 0 Å². The second kappa shape index (κ2) is 5.97. The fourth-order valence-corrected chi connectivity index (χ4v) is 3.86. The van der Waals surface area contributed by atoms with Crippen LogP contribution in [0.4, 0.5) is 13.2 Å². The Kier molecular flexibility index (Phi) is 3.86. The van der Waals surface area contributed by atoms with Crippen molar-refractivity contribution in [2.24, 2.45) is 5.41 Å². The molecular formula is C20H16F3NO2. The van der Waals surface area contributed by atoms with E-state index in [0.717, 1.165) is 11.6 Å². The summed E-state index contributed by atoms with van der Waals surface area (Å²) < 4.78 is 39.6. The van der Waals surface area contributed by atoms with E-state index >= 15 is 0 Å². The van der Waals surface area contributed by atoms with E-state index in [1.807, 2.05) is 30.3 Å². The molecular weight excluding hydrogens is 343 g/mol. The minimum atomic E-state index is -2.75. The molecule has 2 aromatic rings. The molecule has 3 nitrogen and oxygen atoms in total. The normalized spacial score (nSPS) is 24.8. The molecule has 2 atom stereocenters. The molecule has 1 heterocycles. The van der Waals surface area contributed by atoms with Gasteiger partial charge in [-0.2, -0.15) is 0 Å². The first-order chi connectivity index (χ1) is 12.4. The lowest BCUT2D eigenvalue weighted by Crippen LogP contribution is -2.30. The highest BCUT2D eigenvalue weighted by molar-refractivity contribution is 6.08. The lowest BCUT2D eigenvalue weighted by molar-refractivity contribution is -0.140. The quantitative estimate of drug-likeness (QED) is 0.768. The van der Waals surface area contributed by atoms with Gasteiger partial charge in [0.2, 0.25) is 11.8 Å². The molecule has 2 aliphatic rings. The summed E-state index contributed by atoms with van der Waals surface area (Å²) in [7, 11) is 0. The van der Waals surface area contributed by atoms with Gasteiger partial charge in [0, 0.05) is 17.9 Å². The lowest BCUT2D eigenvalue weighted by atomic mass is 9.96. The minimum absolute atomic E-state index is 0.0410. The molecule has 1 spiro atoms. The van der Waals surface area contributed by atoms with Crippen LogP contribution in [0.5, 0.6) is 0 Å². The molecule has 0 bridgehead atoms.